The lowest BCUT2D eigenvalue weighted by Gasteiger charge is -2.05. The minimum atomic E-state index is 0.131. The molecule has 88 valence electrons. The molecule has 0 aliphatic heterocycles. The molecule has 1 aliphatic rings. The van der Waals surface area contributed by atoms with E-state index in [-0.39, 0.29) is 5.56 Å². The number of pyridine rings is 1. The third-order valence-corrected chi connectivity index (χ3v) is 2.78. The number of hydrogen-bond donors (Lipinski definition) is 0. The molecule has 1 fully saturated rings. The van der Waals surface area contributed by atoms with E-state index in [9.17, 15) is 4.79 Å². The molecular formula is C14H21NO. The van der Waals surface area contributed by atoms with E-state index in [1.54, 1.807) is 6.07 Å². The van der Waals surface area contributed by atoms with Crippen LogP contribution in [0.4, 0.5) is 0 Å². The predicted molar refractivity (Wildman–Crippen MR) is 69.6 cm³/mol. The maximum absolute atomic E-state index is 11.7. The fraction of sp³-hybridized carbons (Fsp3) is 0.500. The zero-order chi connectivity index (χ0) is 12.1. The number of rotatable bonds is 2. The Bertz CT molecular complexity index is 425. The zero-order valence-corrected chi connectivity index (χ0v) is 10.7. The predicted octanol–water partition coefficient (Wildman–Crippen LogP) is 3.63. The molecule has 1 aliphatic carbocycles. The lowest BCUT2D eigenvalue weighted by molar-refractivity contribution is 0.706. The molecule has 0 N–H and O–H groups in total. The van der Waals surface area contributed by atoms with Gasteiger partial charge < -0.3 is 4.57 Å². The molecule has 2 nitrogen and oxygen atoms in total. The molecule has 0 radical (unpaired) electrons. The van der Waals surface area contributed by atoms with E-state index in [4.69, 9.17) is 0 Å². The van der Waals surface area contributed by atoms with E-state index >= 15 is 0 Å². The van der Waals surface area contributed by atoms with Gasteiger partial charge in [0, 0.05) is 18.3 Å². The molecule has 1 saturated carbocycles. The van der Waals surface area contributed by atoms with Gasteiger partial charge in [-0.15, -0.1) is 0 Å². The van der Waals surface area contributed by atoms with Gasteiger partial charge in [-0.3, -0.25) is 4.79 Å². The first-order valence-electron chi connectivity index (χ1n) is 6.08. The fourth-order valence-corrected chi connectivity index (χ4v) is 1.56. The molecule has 2 rings (SSSR count). The first-order chi connectivity index (χ1) is 7.72. The number of aromatic nitrogens is 1. The third kappa shape index (κ3) is 2.84. The molecular weight excluding hydrogens is 198 g/mol. The lowest BCUT2D eigenvalue weighted by atomic mass is 10.1. The van der Waals surface area contributed by atoms with Crippen LogP contribution in [-0.4, -0.2) is 4.57 Å². The largest absolute Gasteiger partial charge is 0.312 e. The summed E-state index contributed by atoms with van der Waals surface area (Å²) in [4.78, 5) is 11.7. The van der Waals surface area contributed by atoms with E-state index in [1.807, 2.05) is 50.6 Å². The zero-order valence-electron chi connectivity index (χ0n) is 10.7. The molecule has 1 aromatic heterocycles. The summed E-state index contributed by atoms with van der Waals surface area (Å²) in [6.07, 6.45) is 6.25. The summed E-state index contributed by atoms with van der Waals surface area (Å²) in [6, 6.07) is 4.23. The average molecular weight is 219 g/mol. The quantitative estimate of drug-likeness (QED) is 0.744. The second kappa shape index (κ2) is 5.69. The van der Waals surface area contributed by atoms with Crippen molar-refractivity contribution in [3.05, 3.63) is 40.3 Å². The minimum Gasteiger partial charge on any atom is -0.312 e. The van der Waals surface area contributed by atoms with Gasteiger partial charge in [0.05, 0.1) is 0 Å². The maximum atomic E-state index is 11.7. The van der Waals surface area contributed by atoms with Crippen molar-refractivity contribution in [2.45, 2.75) is 46.6 Å². The molecule has 2 heteroatoms. The third-order valence-electron chi connectivity index (χ3n) is 2.78. The number of hydrogen-bond acceptors (Lipinski definition) is 1. The van der Waals surface area contributed by atoms with E-state index in [2.05, 4.69) is 0 Å². The van der Waals surface area contributed by atoms with Crippen LogP contribution in [0.1, 0.15) is 52.1 Å². The van der Waals surface area contributed by atoms with Gasteiger partial charge in [-0.2, -0.15) is 0 Å². The van der Waals surface area contributed by atoms with Crippen LogP contribution in [0.5, 0.6) is 0 Å². The van der Waals surface area contributed by atoms with Crippen LogP contribution in [0.25, 0.3) is 5.57 Å². The standard InChI is InChI=1S/C12H15NO.C2H6/c1-3-9(2)10-6-7-13(11-4-5-11)12(14)8-10;1-2/h3,6-8,11H,4-5H2,1-2H3;1-2H3/b9-3-;. The molecule has 16 heavy (non-hydrogen) atoms. The summed E-state index contributed by atoms with van der Waals surface area (Å²) in [7, 11) is 0. The Morgan fingerprint density at radius 1 is 1.44 bits per heavy atom. The van der Waals surface area contributed by atoms with Gasteiger partial charge in [-0.25, -0.2) is 0 Å². The van der Waals surface area contributed by atoms with Crippen LogP contribution in [0.2, 0.25) is 0 Å². The molecule has 0 amide bonds. The van der Waals surface area contributed by atoms with Crippen LogP contribution in [0, 0.1) is 0 Å². The lowest BCUT2D eigenvalue weighted by Crippen LogP contribution is -2.17. The van der Waals surface area contributed by atoms with Crippen molar-refractivity contribution in [3.8, 4) is 0 Å². The number of nitrogens with zero attached hydrogens (tertiary/aromatic N) is 1. The molecule has 1 aromatic rings. The van der Waals surface area contributed by atoms with Crippen LogP contribution >= 0.6 is 0 Å². The molecule has 0 aromatic carbocycles. The Morgan fingerprint density at radius 2 is 2.06 bits per heavy atom. The Hall–Kier alpha value is -1.31. The summed E-state index contributed by atoms with van der Waals surface area (Å²) in [5, 5.41) is 0. The van der Waals surface area contributed by atoms with Gasteiger partial charge in [-0.05, 0) is 43.9 Å². The van der Waals surface area contributed by atoms with Crippen molar-refractivity contribution < 1.29 is 0 Å². The van der Waals surface area contributed by atoms with Gasteiger partial charge >= 0.3 is 0 Å². The van der Waals surface area contributed by atoms with Crippen molar-refractivity contribution in [3.63, 3.8) is 0 Å². The molecule has 0 saturated heterocycles. The highest BCUT2D eigenvalue weighted by molar-refractivity contribution is 5.62. The van der Waals surface area contributed by atoms with E-state index in [1.165, 1.54) is 0 Å². The second-order valence-corrected chi connectivity index (χ2v) is 3.86. The Morgan fingerprint density at radius 3 is 2.50 bits per heavy atom. The van der Waals surface area contributed by atoms with E-state index < -0.39 is 0 Å². The van der Waals surface area contributed by atoms with Crippen LogP contribution in [0.15, 0.2) is 29.2 Å². The SMILES string of the molecule is C/C=C(/C)c1ccn(C2CC2)c(=O)c1.CC. The molecule has 1 heterocycles. The Labute approximate surface area is 97.6 Å². The summed E-state index contributed by atoms with van der Waals surface area (Å²) in [5.41, 5.74) is 2.32. The first-order valence-corrected chi connectivity index (χ1v) is 6.08. The van der Waals surface area contributed by atoms with Gasteiger partial charge in [0.15, 0.2) is 0 Å². The van der Waals surface area contributed by atoms with Crippen molar-refractivity contribution in [2.24, 2.45) is 0 Å². The highest BCUT2D eigenvalue weighted by atomic mass is 16.1. The normalized spacial score (nSPS) is 15.4. The molecule has 0 atom stereocenters. The molecule has 0 bridgehead atoms. The fourth-order valence-electron chi connectivity index (χ4n) is 1.56. The van der Waals surface area contributed by atoms with Gasteiger partial charge in [-0.1, -0.05) is 19.9 Å². The Kier molecular flexibility index (Phi) is 4.53. The summed E-state index contributed by atoms with van der Waals surface area (Å²) < 4.78 is 1.84. The molecule has 0 unspecified atom stereocenters. The van der Waals surface area contributed by atoms with E-state index in [0.717, 1.165) is 24.0 Å². The van der Waals surface area contributed by atoms with E-state index in [0.29, 0.717) is 6.04 Å². The Balaban J connectivity index is 0.000000606. The topological polar surface area (TPSA) is 22.0 Å². The van der Waals surface area contributed by atoms with Crippen LogP contribution < -0.4 is 5.56 Å². The summed E-state index contributed by atoms with van der Waals surface area (Å²) in [6.45, 7) is 8.01. The van der Waals surface area contributed by atoms with Gasteiger partial charge in [0.2, 0.25) is 0 Å². The first kappa shape index (κ1) is 12.8. The van der Waals surface area contributed by atoms with Crippen molar-refractivity contribution in [2.75, 3.05) is 0 Å². The highest BCUT2D eigenvalue weighted by Gasteiger charge is 2.23. The van der Waals surface area contributed by atoms with Crippen molar-refractivity contribution in [1.29, 1.82) is 0 Å². The smallest absolute Gasteiger partial charge is 0.251 e. The monoisotopic (exact) mass is 219 g/mol. The summed E-state index contributed by atoms with van der Waals surface area (Å²) >= 11 is 0. The number of allylic oxidation sites excluding steroid dienone is 2. The van der Waals surface area contributed by atoms with Crippen molar-refractivity contribution in [1.82, 2.24) is 4.57 Å². The maximum Gasteiger partial charge on any atom is 0.251 e. The van der Waals surface area contributed by atoms with Crippen molar-refractivity contribution >= 4 is 5.57 Å². The van der Waals surface area contributed by atoms with Gasteiger partial charge in [0.1, 0.15) is 0 Å². The van der Waals surface area contributed by atoms with Crippen LogP contribution in [-0.2, 0) is 0 Å². The minimum absolute atomic E-state index is 0.131. The van der Waals surface area contributed by atoms with Crippen LogP contribution in [0.3, 0.4) is 0 Å². The highest BCUT2D eigenvalue weighted by Crippen LogP contribution is 2.33. The summed E-state index contributed by atoms with van der Waals surface area (Å²) in [5.74, 6) is 0. The molecule has 0 spiro atoms. The second-order valence-electron chi connectivity index (χ2n) is 3.86. The average Bonchev–Trinajstić information content (AvgIpc) is 3.14. The van der Waals surface area contributed by atoms with Gasteiger partial charge in [0.25, 0.3) is 5.56 Å².